The average molecular weight is 382 g/mol. The number of halogens is 6. The lowest BCUT2D eigenvalue weighted by atomic mass is 10.2. The number of hydrogen-bond acceptors (Lipinski definition) is 5. The molecule has 0 aliphatic carbocycles. The van der Waals surface area contributed by atoms with Crippen LogP contribution in [0.1, 0.15) is 18.7 Å². The van der Waals surface area contributed by atoms with Gasteiger partial charge in [-0.25, -0.2) is 0 Å². The normalized spacial score (nSPS) is 18.5. The topological polar surface area (TPSA) is 75.4 Å². The van der Waals surface area contributed by atoms with E-state index < -0.39 is 36.7 Å². The third-order valence-electron chi connectivity index (χ3n) is 3.82. The van der Waals surface area contributed by atoms with Gasteiger partial charge < -0.3 is 10.2 Å². The molecular formula is C13H12F6N6O. The molecule has 142 valence electrons. The van der Waals surface area contributed by atoms with Gasteiger partial charge in [-0.15, -0.1) is 15.3 Å². The number of aromatic nitrogens is 4. The smallest absolute Gasteiger partial charge is 0.345 e. The van der Waals surface area contributed by atoms with Crippen LogP contribution in [0.5, 0.6) is 0 Å². The Morgan fingerprint density at radius 1 is 1.19 bits per heavy atom. The van der Waals surface area contributed by atoms with E-state index in [-0.39, 0.29) is 24.4 Å². The molecule has 1 N–H and O–H groups in total. The van der Waals surface area contributed by atoms with Crippen LogP contribution in [0.2, 0.25) is 0 Å². The lowest BCUT2D eigenvalue weighted by Crippen LogP contribution is -2.46. The van der Waals surface area contributed by atoms with E-state index in [1.165, 1.54) is 17.0 Å². The van der Waals surface area contributed by atoms with Crippen LogP contribution in [0.15, 0.2) is 12.1 Å². The third kappa shape index (κ3) is 3.65. The summed E-state index contributed by atoms with van der Waals surface area (Å²) in [6.07, 6.45) is -8.59. The standard InChI is InChI=1S/C13H12F6N6O/c14-12(15,16)6-20-10(26)7-2-1-5-24(7)9-4-3-8-21-22-11(13(17,18)19)25(8)23-9/h3-4,7H,1-2,5-6H2,(H,20,26). The molecule has 1 unspecified atom stereocenters. The molecule has 1 aliphatic rings. The first-order chi connectivity index (χ1) is 12.1. The highest BCUT2D eigenvalue weighted by molar-refractivity contribution is 5.85. The van der Waals surface area contributed by atoms with Crippen molar-refractivity contribution < 1.29 is 31.1 Å². The molecule has 0 aromatic carbocycles. The molecule has 3 heterocycles. The molecule has 0 spiro atoms. The highest BCUT2D eigenvalue weighted by Gasteiger charge is 2.39. The van der Waals surface area contributed by atoms with E-state index in [0.717, 1.165) is 0 Å². The molecule has 13 heteroatoms. The maximum atomic E-state index is 12.9. The monoisotopic (exact) mass is 382 g/mol. The number of nitrogens with one attached hydrogen (secondary N) is 1. The highest BCUT2D eigenvalue weighted by atomic mass is 19.4. The summed E-state index contributed by atoms with van der Waals surface area (Å²) in [5.41, 5.74) is -0.140. The zero-order chi connectivity index (χ0) is 19.1. The largest absolute Gasteiger partial charge is 0.453 e. The van der Waals surface area contributed by atoms with Crippen LogP contribution in [0, 0.1) is 0 Å². The van der Waals surface area contributed by atoms with Crippen LogP contribution in [-0.2, 0) is 11.0 Å². The molecule has 1 saturated heterocycles. The summed E-state index contributed by atoms with van der Waals surface area (Å²) in [6.45, 7) is -1.21. The van der Waals surface area contributed by atoms with Gasteiger partial charge in [-0.3, -0.25) is 4.79 Å². The molecule has 0 saturated carbocycles. The van der Waals surface area contributed by atoms with Crippen LogP contribution >= 0.6 is 0 Å². The van der Waals surface area contributed by atoms with Crippen LogP contribution in [0.4, 0.5) is 32.2 Å². The number of carbonyl (C=O) groups excluding carboxylic acids is 1. The van der Waals surface area contributed by atoms with E-state index in [0.29, 0.717) is 10.9 Å². The van der Waals surface area contributed by atoms with Gasteiger partial charge >= 0.3 is 12.4 Å². The van der Waals surface area contributed by atoms with Crippen LogP contribution in [0.3, 0.4) is 0 Å². The molecule has 1 fully saturated rings. The Morgan fingerprint density at radius 3 is 2.58 bits per heavy atom. The molecule has 7 nitrogen and oxygen atoms in total. The number of nitrogens with zero attached hydrogens (tertiary/aromatic N) is 5. The molecule has 0 bridgehead atoms. The maximum Gasteiger partial charge on any atom is 0.453 e. The van der Waals surface area contributed by atoms with Crippen molar-refractivity contribution in [3.63, 3.8) is 0 Å². The fraction of sp³-hybridized carbons (Fsp3) is 0.538. The minimum Gasteiger partial charge on any atom is -0.345 e. The van der Waals surface area contributed by atoms with Crippen molar-refractivity contribution in [3.8, 4) is 0 Å². The van der Waals surface area contributed by atoms with Crippen molar-refractivity contribution in [2.24, 2.45) is 0 Å². The van der Waals surface area contributed by atoms with Gasteiger partial charge in [0.2, 0.25) is 5.91 Å². The lowest BCUT2D eigenvalue weighted by Gasteiger charge is -2.25. The summed E-state index contributed by atoms with van der Waals surface area (Å²) in [5.74, 6) is -2.17. The molecule has 2 aromatic rings. The zero-order valence-corrected chi connectivity index (χ0v) is 13.0. The van der Waals surface area contributed by atoms with Gasteiger partial charge in [0, 0.05) is 6.54 Å². The Kier molecular flexibility index (Phi) is 4.40. The summed E-state index contributed by atoms with van der Waals surface area (Å²) in [6, 6.07) is 1.64. The van der Waals surface area contributed by atoms with Gasteiger partial charge in [0.05, 0.1) is 0 Å². The quantitative estimate of drug-likeness (QED) is 0.820. The van der Waals surface area contributed by atoms with Crippen LogP contribution in [0.25, 0.3) is 5.65 Å². The lowest BCUT2D eigenvalue weighted by molar-refractivity contribution is -0.146. The van der Waals surface area contributed by atoms with E-state index in [1.807, 2.05) is 0 Å². The van der Waals surface area contributed by atoms with Crippen molar-refractivity contribution in [2.45, 2.75) is 31.2 Å². The average Bonchev–Trinajstić information content (AvgIpc) is 3.17. The highest BCUT2D eigenvalue weighted by Crippen LogP contribution is 2.29. The predicted octanol–water partition coefficient (Wildman–Crippen LogP) is 1.79. The van der Waals surface area contributed by atoms with E-state index in [9.17, 15) is 31.1 Å². The Morgan fingerprint density at radius 2 is 1.92 bits per heavy atom. The Labute approximate surface area is 142 Å². The van der Waals surface area contributed by atoms with Gasteiger partial charge in [0.15, 0.2) is 5.65 Å². The number of rotatable bonds is 3. The number of alkyl halides is 6. The third-order valence-corrected chi connectivity index (χ3v) is 3.82. The molecule has 1 atom stereocenters. The minimum absolute atomic E-state index is 0.0208. The first-order valence-electron chi connectivity index (χ1n) is 7.47. The number of carbonyl (C=O) groups is 1. The van der Waals surface area contributed by atoms with Crippen molar-refractivity contribution in [2.75, 3.05) is 18.0 Å². The van der Waals surface area contributed by atoms with Crippen molar-refractivity contribution in [1.82, 2.24) is 25.1 Å². The molecule has 3 rings (SSSR count). The van der Waals surface area contributed by atoms with Crippen LogP contribution < -0.4 is 10.2 Å². The SMILES string of the molecule is O=C(NCC(F)(F)F)C1CCCN1c1ccc2nnc(C(F)(F)F)n2n1. The number of amides is 1. The molecular weight excluding hydrogens is 370 g/mol. The Hall–Kier alpha value is -2.60. The Bertz CT molecular complexity index is 816. The minimum atomic E-state index is -4.78. The number of anilines is 1. The van der Waals surface area contributed by atoms with Crippen molar-refractivity contribution in [3.05, 3.63) is 18.0 Å². The molecule has 2 aromatic heterocycles. The first kappa shape index (κ1) is 18.2. The molecule has 26 heavy (non-hydrogen) atoms. The summed E-state index contributed by atoms with van der Waals surface area (Å²) >= 11 is 0. The van der Waals surface area contributed by atoms with Gasteiger partial charge in [-0.1, -0.05) is 0 Å². The van der Waals surface area contributed by atoms with E-state index >= 15 is 0 Å². The van der Waals surface area contributed by atoms with Gasteiger partial charge in [-0.05, 0) is 25.0 Å². The van der Waals surface area contributed by atoms with E-state index in [4.69, 9.17) is 0 Å². The molecule has 1 aliphatic heterocycles. The Balaban J connectivity index is 1.86. The second kappa shape index (κ2) is 6.29. The second-order valence-corrected chi connectivity index (χ2v) is 5.67. The predicted molar refractivity (Wildman–Crippen MR) is 75.2 cm³/mol. The fourth-order valence-electron chi connectivity index (χ4n) is 2.73. The van der Waals surface area contributed by atoms with E-state index in [2.05, 4.69) is 15.3 Å². The summed E-state index contributed by atoms with van der Waals surface area (Å²) in [4.78, 5) is 13.4. The van der Waals surface area contributed by atoms with Gasteiger partial charge in [0.25, 0.3) is 5.82 Å². The number of hydrogen-bond donors (Lipinski definition) is 1. The summed E-state index contributed by atoms with van der Waals surface area (Å²) in [5, 5.41) is 12.0. The summed E-state index contributed by atoms with van der Waals surface area (Å²) in [7, 11) is 0. The van der Waals surface area contributed by atoms with Crippen LogP contribution in [-0.4, -0.2) is 51.0 Å². The molecule has 1 amide bonds. The van der Waals surface area contributed by atoms with E-state index in [1.54, 1.807) is 5.32 Å². The van der Waals surface area contributed by atoms with Gasteiger partial charge in [0.1, 0.15) is 18.4 Å². The number of fused-ring (bicyclic) bond motifs is 1. The first-order valence-corrected chi connectivity index (χ1v) is 7.47. The fourth-order valence-corrected chi connectivity index (χ4v) is 2.73. The van der Waals surface area contributed by atoms with Gasteiger partial charge in [-0.2, -0.15) is 30.9 Å². The molecule has 0 radical (unpaired) electrons. The maximum absolute atomic E-state index is 12.9. The second-order valence-electron chi connectivity index (χ2n) is 5.67. The van der Waals surface area contributed by atoms with Crippen molar-refractivity contribution in [1.29, 1.82) is 0 Å². The summed E-state index contributed by atoms with van der Waals surface area (Å²) < 4.78 is 76.0. The zero-order valence-electron chi connectivity index (χ0n) is 13.0. The van der Waals surface area contributed by atoms with Crippen molar-refractivity contribution >= 4 is 17.4 Å².